The van der Waals surface area contributed by atoms with Gasteiger partial charge in [0.15, 0.2) is 0 Å². The summed E-state index contributed by atoms with van der Waals surface area (Å²) in [5, 5.41) is 0. The second kappa shape index (κ2) is 6.88. The van der Waals surface area contributed by atoms with Crippen LogP contribution in [-0.4, -0.2) is 24.1 Å². The van der Waals surface area contributed by atoms with E-state index < -0.39 is 0 Å². The van der Waals surface area contributed by atoms with Crippen LogP contribution >= 0.6 is 0 Å². The summed E-state index contributed by atoms with van der Waals surface area (Å²) in [6.07, 6.45) is 12.5. The van der Waals surface area contributed by atoms with E-state index in [-0.39, 0.29) is 0 Å². The summed E-state index contributed by atoms with van der Waals surface area (Å²) in [6.45, 7) is 2.83. The average molecular weight is 395 g/mol. The van der Waals surface area contributed by atoms with Crippen LogP contribution in [0.5, 0.6) is 0 Å². The Morgan fingerprint density at radius 1 is 0.633 bits per heavy atom. The molecule has 6 bridgehead atoms. The molecule has 6 rings (SSSR count). The van der Waals surface area contributed by atoms with Gasteiger partial charge >= 0.3 is 0 Å². The normalized spacial score (nSPS) is 13.5. The van der Waals surface area contributed by atoms with Crippen molar-refractivity contribution in [3.8, 4) is 0 Å². The Hall–Kier alpha value is -3.87. The maximum atomic E-state index is 4.96. The van der Waals surface area contributed by atoms with Gasteiger partial charge < -0.3 is 0 Å². The lowest BCUT2D eigenvalue weighted by molar-refractivity contribution is -0.689. The molecule has 7 nitrogen and oxygen atoms in total. The van der Waals surface area contributed by atoms with Crippen molar-refractivity contribution in [2.24, 2.45) is 0 Å². The highest BCUT2D eigenvalue weighted by Crippen LogP contribution is 2.15. The zero-order valence-electron chi connectivity index (χ0n) is 16.5. The largest absolute Gasteiger partial charge is 0.250 e. The number of rotatable bonds is 0. The Morgan fingerprint density at radius 2 is 1.17 bits per heavy atom. The standard InChI is InChI=1S/C23H21N7/c1-2-7-21-20(6-1)25-22-14-29-10-8-27(16-29)12-18-4-3-5-19(24-18)13-28-9-11-30(17-28)15-23(22)26-21/h1-11,16-17H,12-15H2/q+2. The molecule has 0 amide bonds. The molecule has 0 atom stereocenters. The molecular weight excluding hydrogens is 374 g/mol. The third-order valence-corrected chi connectivity index (χ3v) is 5.44. The zero-order valence-corrected chi connectivity index (χ0v) is 16.5. The highest BCUT2D eigenvalue weighted by molar-refractivity contribution is 5.74. The Kier molecular flexibility index (Phi) is 3.90. The van der Waals surface area contributed by atoms with Crippen molar-refractivity contribution in [2.45, 2.75) is 26.2 Å². The molecule has 4 aromatic heterocycles. The fourth-order valence-electron chi connectivity index (χ4n) is 4.00. The smallest absolute Gasteiger partial charge is 0.244 e. The molecule has 5 heterocycles. The Bertz CT molecular complexity index is 1270. The molecule has 7 heteroatoms. The number of fused-ring (bicyclic) bond motifs is 8. The van der Waals surface area contributed by atoms with E-state index in [4.69, 9.17) is 15.0 Å². The second-order valence-corrected chi connectivity index (χ2v) is 7.74. The van der Waals surface area contributed by atoms with E-state index in [1.54, 1.807) is 0 Å². The van der Waals surface area contributed by atoms with Crippen LogP contribution in [0.15, 0.2) is 79.9 Å². The van der Waals surface area contributed by atoms with E-state index in [0.717, 1.165) is 46.9 Å². The first kappa shape index (κ1) is 17.0. The summed E-state index contributed by atoms with van der Waals surface area (Å²) in [6, 6.07) is 14.3. The summed E-state index contributed by atoms with van der Waals surface area (Å²) < 4.78 is 8.62. The number of hydrogen-bond acceptors (Lipinski definition) is 3. The van der Waals surface area contributed by atoms with E-state index in [1.807, 2.05) is 24.3 Å². The monoisotopic (exact) mass is 395 g/mol. The molecule has 0 spiro atoms. The molecule has 0 saturated carbocycles. The van der Waals surface area contributed by atoms with Crippen molar-refractivity contribution >= 4 is 11.0 Å². The molecule has 0 unspecified atom stereocenters. The number of benzene rings is 1. The first-order chi connectivity index (χ1) is 14.8. The molecular formula is C23H21N7+2. The predicted molar refractivity (Wildman–Crippen MR) is 109 cm³/mol. The van der Waals surface area contributed by atoms with Crippen molar-refractivity contribution in [3.63, 3.8) is 0 Å². The van der Waals surface area contributed by atoms with Gasteiger partial charge in [-0.1, -0.05) is 18.2 Å². The quantitative estimate of drug-likeness (QED) is 0.368. The third kappa shape index (κ3) is 3.24. The van der Waals surface area contributed by atoms with E-state index in [1.165, 1.54) is 0 Å². The highest BCUT2D eigenvalue weighted by atomic mass is 15.1. The van der Waals surface area contributed by atoms with Crippen molar-refractivity contribution in [1.82, 2.24) is 24.1 Å². The summed E-state index contributed by atoms with van der Waals surface area (Å²) in [5.41, 5.74) is 5.94. The van der Waals surface area contributed by atoms with Crippen molar-refractivity contribution in [1.29, 1.82) is 0 Å². The van der Waals surface area contributed by atoms with E-state index in [9.17, 15) is 0 Å². The Labute approximate surface area is 173 Å². The maximum absolute atomic E-state index is 4.96. The molecule has 1 aliphatic rings. The molecule has 0 fully saturated rings. The summed E-state index contributed by atoms with van der Waals surface area (Å²) >= 11 is 0. The fourth-order valence-corrected chi connectivity index (χ4v) is 4.00. The van der Waals surface area contributed by atoms with Crippen LogP contribution in [0, 0.1) is 0 Å². The molecule has 1 aliphatic heterocycles. The van der Waals surface area contributed by atoms with Gasteiger partial charge in [-0.3, -0.25) is 0 Å². The van der Waals surface area contributed by atoms with E-state index >= 15 is 0 Å². The molecule has 1 aromatic carbocycles. The molecule has 5 aromatic rings. The van der Waals surface area contributed by atoms with Crippen LogP contribution < -0.4 is 9.13 Å². The number of imidazole rings is 2. The number of aromatic nitrogens is 7. The number of para-hydroxylation sites is 2. The van der Waals surface area contributed by atoms with Crippen LogP contribution in [0.25, 0.3) is 11.0 Å². The lowest BCUT2D eigenvalue weighted by atomic mass is 10.2. The second-order valence-electron chi connectivity index (χ2n) is 7.74. The minimum atomic E-state index is 0.676. The Morgan fingerprint density at radius 3 is 1.70 bits per heavy atom. The van der Waals surface area contributed by atoms with Crippen LogP contribution in [0.4, 0.5) is 0 Å². The van der Waals surface area contributed by atoms with Gasteiger partial charge in [0.25, 0.3) is 0 Å². The molecule has 146 valence electrons. The van der Waals surface area contributed by atoms with Crippen molar-refractivity contribution in [3.05, 3.63) is 103 Å². The average Bonchev–Trinajstić information content (AvgIpc) is 3.37. The van der Waals surface area contributed by atoms with Crippen molar-refractivity contribution in [2.75, 3.05) is 0 Å². The summed E-state index contributed by atoms with van der Waals surface area (Å²) in [5.74, 6) is 0. The van der Waals surface area contributed by atoms with Crippen LogP contribution in [0.2, 0.25) is 0 Å². The number of hydrogen-bond donors (Lipinski definition) is 0. The summed E-state index contributed by atoms with van der Waals surface area (Å²) in [7, 11) is 0. The van der Waals surface area contributed by atoms with Gasteiger partial charge in [0.05, 0.1) is 22.4 Å². The third-order valence-electron chi connectivity index (χ3n) is 5.44. The van der Waals surface area contributed by atoms with Crippen LogP contribution in [0.1, 0.15) is 22.8 Å². The van der Waals surface area contributed by atoms with Crippen LogP contribution in [0.3, 0.4) is 0 Å². The lowest BCUT2D eigenvalue weighted by Gasteiger charge is -2.07. The molecule has 0 aliphatic carbocycles. The molecule has 0 saturated heterocycles. The van der Waals surface area contributed by atoms with E-state index in [0.29, 0.717) is 13.1 Å². The number of nitrogens with zero attached hydrogens (tertiary/aromatic N) is 7. The zero-order chi connectivity index (χ0) is 19.9. The molecule has 30 heavy (non-hydrogen) atoms. The maximum Gasteiger partial charge on any atom is 0.244 e. The van der Waals surface area contributed by atoms with Gasteiger partial charge in [-0.2, -0.15) is 0 Å². The lowest BCUT2D eigenvalue weighted by Crippen LogP contribution is -2.34. The SMILES string of the molecule is c1cc2nc(c1)C[n+]1ccn(c1)Cc1nc3ccccc3nc1Cn1cc[n+](c1)C2. The Balaban J connectivity index is 1.49. The minimum Gasteiger partial charge on any atom is -0.250 e. The van der Waals surface area contributed by atoms with E-state index in [2.05, 4.69) is 73.9 Å². The van der Waals surface area contributed by atoms with Gasteiger partial charge in [-0.25, -0.2) is 33.2 Å². The fraction of sp³-hybridized carbons (Fsp3) is 0.174. The minimum absolute atomic E-state index is 0.676. The topological polar surface area (TPSA) is 56.3 Å². The predicted octanol–water partition coefficient (Wildman–Crippen LogP) is 1.71. The number of pyridine rings is 1. The summed E-state index contributed by atoms with van der Waals surface area (Å²) in [4.78, 5) is 14.8. The first-order valence-corrected chi connectivity index (χ1v) is 10.1. The van der Waals surface area contributed by atoms with Gasteiger partial charge in [0, 0.05) is 0 Å². The van der Waals surface area contributed by atoms with Crippen molar-refractivity contribution < 1.29 is 9.13 Å². The van der Waals surface area contributed by atoms with Gasteiger partial charge in [-0.15, -0.1) is 0 Å². The van der Waals surface area contributed by atoms with Gasteiger partial charge in [-0.05, 0) is 24.3 Å². The van der Waals surface area contributed by atoms with Gasteiger partial charge in [0.2, 0.25) is 12.7 Å². The highest BCUT2D eigenvalue weighted by Gasteiger charge is 2.17. The molecule has 0 radical (unpaired) electrons. The van der Waals surface area contributed by atoms with Gasteiger partial charge in [0.1, 0.15) is 62.4 Å². The van der Waals surface area contributed by atoms with Crippen LogP contribution in [-0.2, 0) is 26.2 Å². The first-order valence-electron chi connectivity index (χ1n) is 10.1. The molecule has 0 N–H and O–H groups in total.